The molecule has 0 aliphatic carbocycles. The summed E-state index contributed by atoms with van der Waals surface area (Å²) >= 11 is 0. The largest absolute Gasteiger partial charge is 0.0901 e. The van der Waals surface area contributed by atoms with Crippen molar-refractivity contribution < 1.29 is 22.4 Å². The molecular formula is C12H27AuP. The van der Waals surface area contributed by atoms with Gasteiger partial charge in [0.1, 0.15) is 0 Å². The van der Waals surface area contributed by atoms with E-state index in [0.29, 0.717) is 15.5 Å². The van der Waals surface area contributed by atoms with Gasteiger partial charge in [0, 0.05) is 22.4 Å². The van der Waals surface area contributed by atoms with Crippen LogP contribution in [0.3, 0.4) is 0 Å². The molecule has 0 amide bonds. The van der Waals surface area contributed by atoms with E-state index in [9.17, 15) is 0 Å². The Labute approximate surface area is 108 Å². The minimum atomic E-state index is 0. The monoisotopic (exact) mass is 399 g/mol. The third-order valence-corrected chi connectivity index (χ3v) is 6.04. The topological polar surface area (TPSA) is 0 Å². The summed E-state index contributed by atoms with van der Waals surface area (Å²) in [7, 11) is 0.0162. The van der Waals surface area contributed by atoms with Crippen LogP contribution in [0.15, 0.2) is 0 Å². The zero-order valence-corrected chi connectivity index (χ0v) is 14.3. The van der Waals surface area contributed by atoms with E-state index in [2.05, 4.69) is 62.3 Å². The second kappa shape index (κ2) is 5.00. The molecule has 0 rings (SSSR count). The van der Waals surface area contributed by atoms with Gasteiger partial charge < -0.3 is 0 Å². The summed E-state index contributed by atoms with van der Waals surface area (Å²) in [5.74, 6) is 0. The molecule has 0 saturated carbocycles. The second-order valence-electron chi connectivity index (χ2n) is 6.85. The third-order valence-electron chi connectivity index (χ3n) is 2.01. The van der Waals surface area contributed by atoms with Crippen molar-refractivity contribution in [1.29, 1.82) is 0 Å². The maximum Gasteiger partial charge on any atom is 0 e. The molecular weight excluding hydrogens is 372 g/mol. The minimum Gasteiger partial charge on any atom is -0.0901 e. The van der Waals surface area contributed by atoms with Gasteiger partial charge in [0.2, 0.25) is 0 Å². The van der Waals surface area contributed by atoms with Gasteiger partial charge in [-0.3, -0.25) is 0 Å². The second-order valence-corrected chi connectivity index (χ2v) is 11.5. The Bertz CT molecular complexity index is 133. The van der Waals surface area contributed by atoms with E-state index >= 15 is 0 Å². The smallest absolute Gasteiger partial charge is 0 e. The summed E-state index contributed by atoms with van der Waals surface area (Å²) in [5.41, 5.74) is 0. The van der Waals surface area contributed by atoms with Crippen LogP contribution in [0.5, 0.6) is 0 Å². The summed E-state index contributed by atoms with van der Waals surface area (Å²) in [6.45, 7) is 21.5. The van der Waals surface area contributed by atoms with Gasteiger partial charge in [0.25, 0.3) is 0 Å². The minimum absolute atomic E-state index is 0. The van der Waals surface area contributed by atoms with Crippen molar-refractivity contribution in [3.63, 3.8) is 0 Å². The molecule has 0 aromatic heterocycles. The van der Waals surface area contributed by atoms with Crippen molar-refractivity contribution in [2.75, 3.05) is 0 Å². The molecule has 0 bridgehead atoms. The van der Waals surface area contributed by atoms with Gasteiger partial charge in [0.15, 0.2) is 0 Å². The quantitative estimate of drug-likeness (QED) is 0.403. The zero-order valence-electron chi connectivity index (χ0n) is 11.2. The van der Waals surface area contributed by atoms with Crippen LogP contribution in [-0.2, 0) is 22.4 Å². The van der Waals surface area contributed by atoms with Gasteiger partial charge in [0.05, 0.1) is 0 Å². The Morgan fingerprint density at radius 1 is 0.500 bits per heavy atom. The van der Waals surface area contributed by atoms with E-state index in [1.54, 1.807) is 0 Å². The molecule has 0 saturated heterocycles. The first kappa shape index (κ1) is 17.6. The molecule has 0 nitrogen and oxygen atoms in total. The molecule has 0 aromatic carbocycles. The average molecular weight is 399 g/mol. The van der Waals surface area contributed by atoms with E-state index in [0.717, 1.165) is 0 Å². The predicted octanol–water partition coefficient (Wildman–Crippen LogP) is 4.86. The first-order valence-electron chi connectivity index (χ1n) is 5.17. The summed E-state index contributed by atoms with van der Waals surface area (Å²) in [6, 6.07) is 0. The molecule has 0 aliphatic heterocycles. The normalized spacial score (nSPS) is 14.1. The molecule has 0 heterocycles. The van der Waals surface area contributed by atoms with Gasteiger partial charge in [-0.15, -0.1) is 0 Å². The fraction of sp³-hybridized carbons (Fsp3) is 1.00. The first-order chi connectivity index (χ1) is 5.37. The van der Waals surface area contributed by atoms with Crippen LogP contribution >= 0.6 is 7.92 Å². The van der Waals surface area contributed by atoms with Crippen molar-refractivity contribution in [1.82, 2.24) is 0 Å². The number of hydrogen-bond donors (Lipinski definition) is 0. The van der Waals surface area contributed by atoms with Crippen LogP contribution in [0, 0.1) is 0 Å². The molecule has 0 N–H and O–H groups in total. The summed E-state index contributed by atoms with van der Waals surface area (Å²) in [5, 5.41) is 1.35. The SMILES string of the molecule is CC(C)(C)P(C(C)(C)C)C(C)(C)C.[Au]. The van der Waals surface area contributed by atoms with Crippen molar-refractivity contribution >= 4 is 7.92 Å². The molecule has 0 aromatic rings. The van der Waals surface area contributed by atoms with Gasteiger partial charge in [-0.1, -0.05) is 70.2 Å². The summed E-state index contributed by atoms with van der Waals surface area (Å²) in [6.07, 6.45) is 0. The Hall–Kier alpha value is 1.17. The Kier molecular flexibility index (Phi) is 6.27. The maximum absolute atomic E-state index is 2.38. The van der Waals surface area contributed by atoms with E-state index in [-0.39, 0.29) is 30.3 Å². The third kappa shape index (κ3) is 5.31. The van der Waals surface area contributed by atoms with E-state index in [1.807, 2.05) is 0 Å². The average Bonchev–Trinajstić information content (AvgIpc) is 1.44. The van der Waals surface area contributed by atoms with E-state index in [1.165, 1.54) is 0 Å². The Morgan fingerprint density at radius 2 is 0.643 bits per heavy atom. The van der Waals surface area contributed by atoms with Crippen molar-refractivity contribution in [3.05, 3.63) is 0 Å². The van der Waals surface area contributed by atoms with Crippen molar-refractivity contribution in [3.8, 4) is 0 Å². The van der Waals surface area contributed by atoms with Crippen LogP contribution in [0.2, 0.25) is 0 Å². The predicted molar refractivity (Wildman–Crippen MR) is 66.2 cm³/mol. The summed E-state index contributed by atoms with van der Waals surface area (Å²) in [4.78, 5) is 0. The molecule has 0 atom stereocenters. The molecule has 14 heavy (non-hydrogen) atoms. The van der Waals surface area contributed by atoms with Crippen LogP contribution < -0.4 is 0 Å². The molecule has 0 fully saturated rings. The van der Waals surface area contributed by atoms with Gasteiger partial charge in [-0.2, -0.15) is 0 Å². The summed E-state index contributed by atoms with van der Waals surface area (Å²) < 4.78 is 0. The Morgan fingerprint density at radius 3 is 0.643 bits per heavy atom. The molecule has 91 valence electrons. The van der Waals surface area contributed by atoms with Crippen LogP contribution in [0.1, 0.15) is 62.3 Å². The number of hydrogen-bond acceptors (Lipinski definition) is 0. The van der Waals surface area contributed by atoms with Crippen LogP contribution in [0.25, 0.3) is 0 Å². The van der Waals surface area contributed by atoms with Gasteiger partial charge in [-0.25, -0.2) is 0 Å². The van der Waals surface area contributed by atoms with Crippen molar-refractivity contribution in [2.45, 2.75) is 77.8 Å². The van der Waals surface area contributed by atoms with E-state index < -0.39 is 0 Å². The molecule has 2 heteroatoms. The standard InChI is InChI=1S/C12H27P.Au/c1-10(2,3)13(11(4,5)6)12(7,8)9;/h1-9H3;. The first-order valence-corrected chi connectivity index (χ1v) is 6.51. The molecule has 0 aliphatic rings. The van der Waals surface area contributed by atoms with Crippen LogP contribution in [-0.4, -0.2) is 15.5 Å². The van der Waals surface area contributed by atoms with Gasteiger partial charge in [-0.05, 0) is 15.5 Å². The van der Waals surface area contributed by atoms with Gasteiger partial charge >= 0.3 is 0 Å². The zero-order chi connectivity index (χ0) is 11.1. The molecule has 1 radical (unpaired) electrons. The fourth-order valence-electron chi connectivity index (χ4n) is 3.02. The van der Waals surface area contributed by atoms with E-state index in [4.69, 9.17) is 0 Å². The molecule has 0 spiro atoms. The molecule has 0 unspecified atom stereocenters. The fourth-order valence-corrected chi connectivity index (χ4v) is 9.06. The van der Waals surface area contributed by atoms with Crippen molar-refractivity contribution in [2.24, 2.45) is 0 Å². The Balaban J connectivity index is 0. The number of rotatable bonds is 0. The van der Waals surface area contributed by atoms with Crippen LogP contribution in [0.4, 0.5) is 0 Å². The maximum atomic E-state index is 2.38.